The van der Waals surface area contributed by atoms with E-state index in [1.165, 1.54) is 0 Å². The quantitative estimate of drug-likeness (QED) is 0.500. The van der Waals surface area contributed by atoms with Gasteiger partial charge in [0.05, 0.1) is 28.4 Å². The Morgan fingerprint density at radius 2 is 1.94 bits per heavy atom. The first-order valence-electron chi connectivity index (χ1n) is 11.1. The van der Waals surface area contributed by atoms with E-state index in [2.05, 4.69) is 27.2 Å². The maximum atomic E-state index is 11.6. The van der Waals surface area contributed by atoms with Crippen molar-refractivity contribution in [2.45, 2.75) is 64.5 Å². The van der Waals surface area contributed by atoms with Crippen molar-refractivity contribution in [2.24, 2.45) is 0 Å². The summed E-state index contributed by atoms with van der Waals surface area (Å²) < 4.78 is 6.29. The number of carboxylic acids is 1. The van der Waals surface area contributed by atoms with Gasteiger partial charge in [0.15, 0.2) is 0 Å². The molecule has 4 N–H and O–H groups in total. The zero-order valence-corrected chi connectivity index (χ0v) is 18.5. The van der Waals surface area contributed by atoms with E-state index in [0.717, 1.165) is 44.1 Å². The molecule has 8 nitrogen and oxygen atoms in total. The molecule has 0 spiro atoms. The highest BCUT2D eigenvalue weighted by molar-refractivity contribution is 6.06. The molecule has 0 unspecified atom stereocenters. The zero-order chi connectivity index (χ0) is 22.7. The molecule has 0 aliphatic heterocycles. The summed E-state index contributed by atoms with van der Waals surface area (Å²) in [5.41, 5.74) is 8.67. The number of nitrogen functional groups attached to an aromatic ring is 1. The Balaban J connectivity index is 1.43. The second-order valence-electron chi connectivity index (χ2n) is 8.34. The second-order valence-corrected chi connectivity index (χ2v) is 8.34. The number of hydrogen-bond acceptors (Lipinski definition) is 7. The Morgan fingerprint density at radius 1 is 1.22 bits per heavy atom. The van der Waals surface area contributed by atoms with Gasteiger partial charge in [-0.3, -0.25) is 4.98 Å². The van der Waals surface area contributed by atoms with Gasteiger partial charge in [0.2, 0.25) is 5.95 Å². The van der Waals surface area contributed by atoms with Crippen LogP contribution < -0.4 is 15.8 Å². The molecule has 8 heteroatoms. The highest BCUT2D eigenvalue weighted by atomic mass is 16.5. The number of hydrogen-bond donors (Lipinski definition) is 3. The fourth-order valence-corrected chi connectivity index (χ4v) is 4.34. The Kier molecular flexibility index (Phi) is 6.39. The second kappa shape index (κ2) is 9.38. The minimum atomic E-state index is -1.08. The number of carboxylic acid groups (broad SMARTS) is 1. The molecule has 0 amide bonds. The Bertz CT molecular complexity index is 1110. The van der Waals surface area contributed by atoms with E-state index in [-0.39, 0.29) is 17.4 Å². The van der Waals surface area contributed by atoms with E-state index in [9.17, 15) is 9.90 Å². The van der Waals surface area contributed by atoms with E-state index in [4.69, 9.17) is 10.5 Å². The molecule has 0 saturated heterocycles. The molecule has 32 heavy (non-hydrogen) atoms. The van der Waals surface area contributed by atoms with Gasteiger partial charge in [-0.25, -0.2) is 14.8 Å². The molecule has 2 heterocycles. The summed E-state index contributed by atoms with van der Waals surface area (Å²) in [5, 5.41) is 13.5. The van der Waals surface area contributed by atoms with Crippen molar-refractivity contribution < 1.29 is 14.6 Å². The number of rotatable bonds is 7. The molecular formula is C24H29N5O3. The summed E-state index contributed by atoms with van der Waals surface area (Å²) in [5.74, 6) is 0.167. The highest BCUT2D eigenvalue weighted by Gasteiger charge is 2.25. The lowest BCUT2D eigenvalue weighted by atomic mass is 9.93. The van der Waals surface area contributed by atoms with Gasteiger partial charge in [0.25, 0.3) is 0 Å². The number of carbonyl (C=O) groups is 1. The van der Waals surface area contributed by atoms with Crippen LogP contribution in [0.3, 0.4) is 0 Å². The topological polar surface area (TPSA) is 123 Å². The summed E-state index contributed by atoms with van der Waals surface area (Å²) in [6, 6.07) is 5.81. The van der Waals surface area contributed by atoms with E-state index in [1.54, 1.807) is 6.92 Å². The van der Waals surface area contributed by atoms with Crippen molar-refractivity contribution >= 4 is 28.5 Å². The minimum absolute atomic E-state index is 0.0282. The molecule has 1 aliphatic rings. The van der Waals surface area contributed by atoms with E-state index in [1.807, 2.05) is 30.6 Å². The first kappa shape index (κ1) is 21.8. The average molecular weight is 436 g/mol. The smallest absolute Gasteiger partial charge is 0.339 e. The van der Waals surface area contributed by atoms with E-state index < -0.39 is 5.97 Å². The van der Waals surface area contributed by atoms with Crippen molar-refractivity contribution in [3.05, 3.63) is 47.4 Å². The Labute approximate surface area is 187 Å². The molecule has 3 aromatic rings. The summed E-state index contributed by atoms with van der Waals surface area (Å²) in [4.78, 5) is 24.9. The van der Waals surface area contributed by atoms with Crippen molar-refractivity contribution in [1.82, 2.24) is 15.0 Å². The maximum Gasteiger partial charge on any atom is 0.339 e. The van der Waals surface area contributed by atoms with Crippen LogP contribution in [0.1, 0.15) is 60.6 Å². The van der Waals surface area contributed by atoms with Gasteiger partial charge in [-0.05, 0) is 56.7 Å². The Hall–Kier alpha value is -3.42. The van der Waals surface area contributed by atoms with Gasteiger partial charge < -0.3 is 20.9 Å². The fourth-order valence-electron chi connectivity index (χ4n) is 4.34. The SMILES string of the molecule is CCCc1cnc(NC2CCC(Oc3cccc4nc(C)c(C(=O)O)c(N)c34)CC2)nc1. The van der Waals surface area contributed by atoms with Crippen molar-refractivity contribution in [3.63, 3.8) is 0 Å². The summed E-state index contributed by atoms with van der Waals surface area (Å²) in [6.07, 6.45) is 9.48. The van der Waals surface area contributed by atoms with Crippen LogP contribution in [0, 0.1) is 6.92 Å². The largest absolute Gasteiger partial charge is 0.490 e. The van der Waals surface area contributed by atoms with Gasteiger partial charge >= 0.3 is 5.97 Å². The number of anilines is 2. The van der Waals surface area contributed by atoms with Gasteiger partial charge in [-0.15, -0.1) is 0 Å². The molecule has 0 radical (unpaired) electrons. The average Bonchev–Trinajstić information content (AvgIpc) is 2.76. The number of benzene rings is 1. The molecule has 4 rings (SSSR count). The number of nitrogens with zero attached hydrogens (tertiary/aromatic N) is 3. The predicted molar refractivity (Wildman–Crippen MR) is 124 cm³/mol. The summed E-state index contributed by atoms with van der Waals surface area (Å²) >= 11 is 0. The number of aromatic nitrogens is 3. The molecule has 2 aromatic heterocycles. The highest BCUT2D eigenvalue weighted by Crippen LogP contribution is 2.35. The van der Waals surface area contributed by atoms with Crippen LogP contribution in [0.2, 0.25) is 0 Å². The first-order valence-corrected chi connectivity index (χ1v) is 11.1. The first-order chi connectivity index (χ1) is 15.5. The third-order valence-corrected chi connectivity index (χ3v) is 5.95. The number of nitrogens with two attached hydrogens (primary N) is 1. The van der Waals surface area contributed by atoms with E-state index >= 15 is 0 Å². The number of pyridine rings is 1. The Morgan fingerprint density at radius 3 is 2.59 bits per heavy atom. The molecule has 1 saturated carbocycles. The fraction of sp³-hybridized carbons (Fsp3) is 0.417. The molecule has 1 aliphatic carbocycles. The van der Waals surface area contributed by atoms with E-state index in [0.29, 0.717) is 34.3 Å². The van der Waals surface area contributed by atoms with Gasteiger partial charge in [0.1, 0.15) is 11.3 Å². The maximum absolute atomic E-state index is 11.6. The molecule has 1 aromatic carbocycles. The number of aromatic carboxylic acids is 1. The molecule has 0 bridgehead atoms. The molecule has 1 fully saturated rings. The van der Waals surface area contributed by atoms with Crippen LogP contribution >= 0.6 is 0 Å². The predicted octanol–water partition coefficient (Wildman–Crippen LogP) is 4.37. The van der Waals surface area contributed by atoms with Crippen LogP contribution in [0.25, 0.3) is 10.9 Å². The van der Waals surface area contributed by atoms with Crippen LogP contribution in [0.5, 0.6) is 5.75 Å². The molecule has 0 atom stereocenters. The van der Waals surface area contributed by atoms with Crippen molar-refractivity contribution in [2.75, 3.05) is 11.1 Å². The molecular weight excluding hydrogens is 406 g/mol. The van der Waals surface area contributed by atoms with Crippen molar-refractivity contribution in [3.8, 4) is 5.75 Å². The lowest BCUT2D eigenvalue weighted by molar-refractivity contribution is 0.0697. The van der Waals surface area contributed by atoms with Crippen LogP contribution in [0.4, 0.5) is 11.6 Å². The van der Waals surface area contributed by atoms with Crippen LogP contribution in [-0.2, 0) is 6.42 Å². The van der Waals surface area contributed by atoms with Gasteiger partial charge in [-0.2, -0.15) is 0 Å². The third kappa shape index (κ3) is 4.59. The zero-order valence-electron chi connectivity index (χ0n) is 18.5. The lowest BCUT2D eigenvalue weighted by Crippen LogP contribution is -2.31. The van der Waals surface area contributed by atoms with Crippen LogP contribution in [0.15, 0.2) is 30.6 Å². The third-order valence-electron chi connectivity index (χ3n) is 5.95. The number of nitrogens with one attached hydrogen (secondary N) is 1. The monoisotopic (exact) mass is 435 g/mol. The number of ether oxygens (including phenoxy) is 1. The lowest BCUT2D eigenvalue weighted by Gasteiger charge is -2.30. The van der Waals surface area contributed by atoms with Gasteiger partial charge in [-0.1, -0.05) is 19.4 Å². The number of fused-ring (bicyclic) bond motifs is 1. The molecule has 168 valence electrons. The summed E-state index contributed by atoms with van der Waals surface area (Å²) in [6.45, 7) is 3.80. The van der Waals surface area contributed by atoms with Crippen LogP contribution in [-0.4, -0.2) is 38.2 Å². The van der Waals surface area contributed by atoms with Crippen molar-refractivity contribution in [1.29, 1.82) is 0 Å². The summed E-state index contributed by atoms with van der Waals surface area (Å²) in [7, 11) is 0. The standard InChI is InChI=1S/C24H29N5O3/c1-3-5-15-12-26-24(27-13-15)29-16-8-10-17(11-9-16)32-19-7-4-6-18-21(19)22(25)20(23(30)31)14(2)28-18/h4,6-7,12-13,16-17H,3,5,8-11H2,1-2H3,(H2,25,28)(H,30,31)(H,26,27,29). The number of aryl methyl sites for hydroxylation is 2. The normalized spacial score (nSPS) is 18.4. The van der Waals surface area contributed by atoms with Gasteiger partial charge in [0, 0.05) is 18.4 Å². The minimum Gasteiger partial charge on any atom is -0.490 e.